The van der Waals surface area contributed by atoms with Crippen molar-refractivity contribution in [3.8, 4) is 0 Å². The second kappa shape index (κ2) is 11.2. The van der Waals surface area contributed by atoms with E-state index in [9.17, 15) is 10.2 Å². The summed E-state index contributed by atoms with van der Waals surface area (Å²) >= 11 is 0. The highest BCUT2D eigenvalue weighted by molar-refractivity contribution is 7.75. The number of benzene rings is 4. The molecule has 0 spiro atoms. The zero-order valence-corrected chi connectivity index (χ0v) is 22.9. The molecule has 0 aromatic heterocycles. The zero-order valence-electron chi connectivity index (χ0n) is 22.0. The first kappa shape index (κ1) is 25.5. The molecule has 5 nitrogen and oxygen atoms in total. The summed E-state index contributed by atoms with van der Waals surface area (Å²) in [6.45, 7) is 3.13. The van der Waals surface area contributed by atoms with Crippen LogP contribution < -0.4 is 15.9 Å². The van der Waals surface area contributed by atoms with E-state index in [4.69, 9.17) is 4.99 Å². The second-order valence-electron chi connectivity index (χ2n) is 9.88. The number of aliphatic hydroxyl groups is 2. The molecule has 0 amide bonds. The molecule has 2 atom stereocenters. The van der Waals surface area contributed by atoms with E-state index in [-0.39, 0.29) is 18.9 Å². The summed E-state index contributed by atoms with van der Waals surface area (Å²) in [5, 5.41) is 27.9. The van der Waals surface area contributed by atoms with Crippen LogP contribution in [0.4, 0.5) is 17.1 Å². The molecule has 0 fully saturated rings. The van der Waals surface area contributed by atoms with Gasteiger partial charge in [-0.3, -0.25) is 4.99 Å². The van der Waals surface area contributed by atoms with Gasteiger partial charge in [-0.25, -0.2) is 0 Å². The highest BCUT2D eigenvalue weighted by atomic mass is 31.1. The van der Waals surface area contributed by atoms with Crippen molar-refractivity contribution in [2.75, 3.05) is 31.6 Å². The molecule has 1 heterocycles. The molecule has 2 unspecified atom stereocenters. The van der Waals surface area contributed by atoms with E-state index in [0.29, 0.717) is 13.1 Å². The van der Waals surface area contributed by atoms with Crippen LogP contribution in [0.25, 0.3) is 10.8 Å². The minimum absolute atomic E-state index is 0.0348. The third-order valence-electron chi connectivity index (χ3n) is 7.27. The van der Waals surface area contributed by atoms with Gasteiger partial charge in [0.2, 0.25) is 0 Å². The Morgan fingerprint density at radius 2 is 1.59 bits per heavy atom. The topological polar surface area (TPSA) is 68.1 Å². The van der Waals surface area contributed by atoms with Crippen LogP contribution >= 0.6 is 7.92 Å². The van der Waals surface area contributed by atoms with Crippen molar-refractivity contribution < 1.29 is 10.2 Å². The molecule has 0 bridgehead atoms. The smallest absolute Gasteiger partial charge is 0.0793 e. The number of aliphatic hydroxyl groups excluding tert-OH is 2. The Balaban J connectivity index is 1.54. The van der Waals surface area contributed by atoms with Gasteiger partial charge in [-0.05, 0) is 62.1 Å². The molecular weight excluding hydrogens is 501 g/mol. The summed E-state index contributed by atoms with van der Waals surface area (Å²) in [4.78, 5) is 7.32. The molecule has 4 aromatic carbocycles. The summed E-state index contributed by atoms with van der Waals surface area (Å²) < 4.78 is 0. The van der Waals surface area contributed by atoms with Gasteiger partial charge in [-0.1, -0.05) is 66.7 Å². The minimum Gasteiger partial charge on any atom is -0.395 e. The third-order valence-corrected chi connectivity index (χ3v) is 9.95. The van der Waals surface area contributed by atoms with Crippen LogP contribution in [-0.4, -0.2) is 52.8 Å². The fourth-order valence-corrected chi connectivity index (χ4v) is 8.27. The quantitative estimate of drug-likeness (QED) is 0.261. The van der Waals surface area contributed by atoms with E-state index in [2.05, 4.69) is 115 Å². The van der Waals surface area contributed by atoms with Crippen LogP contribution in [-0.2, 0) is 0 Å². The van der Waals surface area contributed by atoms with Crippen molar-refractivity contribution in [1.29, 1.82) is 0 Å². The van der Waals surface area contributed by atoms with Gasteiger partial charge in [0.25, 0.3) is 0 Å². The number of aryl methyl sites for hydroxylation is 1. The van der Waals surface area contributed by atoms with Crippen molar-refractivity contribution in [2.45, 2.75) is 12.6 Å². The number of anilines is 2. The third kappa shape index (κ3) is 5.02. The molecule has 196 valence electrons. The molecule has 0 saturated carbocycles. The maximum atomic E-state index is 9.65. The Morgan fingerprint density at radius 3 is 2.33 bits per heavy atom. The number of fused-ring (bicyclic) bond motifs is 4. The van der Waals surface area contributed by atoms with Gasteiger partial charge in [0.1, 0.15) is 0 Å². The lowest BCUT2D eigenvalue weighted by Crippen LogP contribution is -2.35. The van der Waals surface area contributed by atoms with Crippen molar-refractivity contribution in [2.24, 2.45) is 4.99 Å². The number of allylic oxidation sites excluding steroid dienone is 3. The van der Waals surface area contributed by atoms with Crippen LogP contribution in [0, 0.1) is 6.92 Å². The fourth-order valence-electron chi connectivity index (χ4n) is 5.50. The largest absolute Gasteiger partial charge is 0.395 e. The van der Waals surface area contributed by atoms with Crippen molar-refractivity contribution >= 4 is 52.1 Å². The van der Waals surface area contributed by atoms with E-state index in [1.165, 1.54) is 16.2 Å². The number of nitrogens with one attached hydrogen (secondary N) is 1. The zero-order chi connectivity index (χ0) is 26.8. The molecule has 0 radical (unpaired) electrons. The Kier molecular flexibility index (Phi) is 7.30. The van der Waals surface area contributed by atoms with Crippen LogP contribution in [0.3, 0.4) is 0 Å². The van der Waals surface area contributed by atoms with E-state index in [0.717, 1.165) is 39.2 Å². The second-order valence-corrected chi connectivity index (χ2v) is 12.2. The molecule has 1 aliphatic heterocycles. The fraction of sp³-hybridized carbons (Fsp3) is 0.182. The molecular formula is C33H32N3O2P. The normalized spacial score (nSPS) is 17.7. The number of nitrogens with zero attached hydrogens (tertiary/aromatic N) is 2. The predicted molar refractivity (Wildman–Crippen MR) is 165 cm³/mol. The lowest BCUT2D eigenvalue weighted by molar-refractivity contribution is 0.192. The Hall–Kier alpha value is -3.76. The lowest BCUT2D eigenvalue weighted by Gasteiger charge is -2.36. The molecule has 0 saturated heterocycles. The van der Waals surface area contributed by atoms with Crippen LogP contribution in [0.2, 0.25) is 0 Å². The Morgan fingerprint density at radius 1 is 0.846 bits per heavy atom. The van der Waals surface area contributed by atoms with Gasteiger partial charge in [0, 0.05) is 51.9 Å². The molecule has 6 heteroatoms. The van der Waals surface area contributed by atoms with E-state index < -0.39 is 7.92 Å². The summed E-state index contributed by atoms with van der Waals surface area (Å²) in [5.41, 5.74) is 6.57. The molecule has 2 aliphatic rings. The van der Waals surface area contributed by atoms with Crippen molar-refractivity contribution in [3.05, 3.63) is 114 Å². The highest BCUT2D eigenvalue weighted by Gasteiger charge is 2.35. The number of hydrogen-bond donors (Lipinski definition) is 3. The van der Waals surface area contributed by atoms with E-state index in [1.807, 2.05) is 4.90 Å². The molecule has 39 heavy (non-hydrogen) atoms. The summed E-state index contributed by atoms with van der Waals surface area (Å²) in [6.07, 6.45) is 6.48. The summed E-state index contributed by atoms with van der Waals surface area (Å²) in [7, 11) is -0.830. The van der Waals surface area contributed by atoms with Crippen LogP contribution in [0.1, 0.15) is 5.56 Å². The minimum atomic E-state index is -0.830. The number of aliphatic imine (C=N–C) groups is 1. The van der Waals surface area contributed by atoms with Crippen molar-refractivity contribution in [3.63, 3.8) is 0 Å². The first-order valence-corrected chi connectivity index (χ1v) is 14.8. The lowest BCUT2D eigenvalue weighted by atomic mass is 10.0. The van der Waals surface area contributed by atoms with Gasteiger partial charge in [0.05, 0.1) is 24.6 Å². The maximum Gasteiger partial charge on any atom is 0.0793 e. The van der Waals surface area contributed by atoms with Gasteiger partial charge in [-0.15, -0.1) is 0 Å². The standard InChI is InChI=1S/C33H32N3O2P/c1-23-8-7-9-24(20-23)34-30-22-32-33(28-13-6-5-12-27(28)30)35-29-15-14-25(36(16-18-37)17-19-38)21-31(29)39(32)26-10-3-2-4-11-26/h2-15,20-22,31,34,37-38H,16-19H2,1H3. The summed E-state index contributed by atoms with van der Waals surface area (Å²) in [5.74, 6) is 0. The predicted octanol–water partition coefficient (Wildman–Crippen LogP) is 5.52. The van der Waals surface area contributed by atoms with Gasteiger partial charge < -0.3 is 20.4 Å². The Bertz CT molecular complexity index is 1590. The van der Waals surface area contributed by atoms with Gasteiger partial charge in [-0.2, -0.15) is 0 Å². The average Bonchev–Trinajstić information content (AvgIpc) is 2.96. The molecule has 6 rings (SSSR count). The number of hydrogen-bond acceptors (Lipinski definition) is 5. The van der Waals surface area contributed by atoms with E-state index >= 15 is 0 Å². The highest BCUT2D eigenvalue weighted by Crippen LogP contribution is 2.51. The number of rotatable bonds is 8. The SMILES string of the molecule is Cc1cccc(Nc2cc3c(c4ccccc24)N=C2C=CC(N(CCO)CCO)=CC2P3c2ccccc2)c1. The first-order valence-electron chi connectivity index (χ1n) is 13.3. The monoisotopic (exact) mass is 533 g/mol. The van der Waals surface area contributed by atoms with Gasteiger partial charge >= 0.3 is 0 Å². The average molecular weight is 534 g/mol. The molecule has 4 aromatic rings. The first-order chi connectivity index (χ1) is 19.2. The molecule has 3 N–H and O–H groups in total. The van der Waals surface area contributed by atoms with Crippen LogP contribution in [0.15, 0.2) is 114 Å². The van der Waals surface area contributed by atoms with Gasteiger partial charge in [0.15, 0.2) is 0 Å². The maximum absolute atomic E-state index is 9.65. The Labute approximate surface area is 230 Å². The molecule has 1 aliphatic carbocycles. The van der Waals surface area contributed by atoms with Crippen molar-refractivity contribution in [1.82, 2.24) is 4.90 Å². The summed E-state index contributed by atoms with van der Waals surface area (Å²) in [6, 6.07) is 30.0. The van der Waals surface area contributed by atoms with E-state index in [1.54, 1.807) is 0 Å². The van der Waals surface area contributed by atoms with Crippen LogP contribution in [0.5, 0.6) is 0 Å².